The molecule has 11 aromatic carbocycles. The average Bonchev–Trinajstić information content (AvgIpc) is 0.751. The van der Waals surface area contributed by atoms with Crippen molar-refractivity contribution >= 4 is 80.3 Å². The summed E-state index contributed by atoms with van der Waals surface area (Å²) < 4.78 is 96.0. The molecule has 91 heavy (non-hydrogen) atoms. The standard InChI is InChI=1S/C79H60F6N4.C2H6/c1-3-57-25-41-69(42-26-57)88(73-49-33-61(34-50-73)59-29-45-71(46-30-59)86(65-17-9-5-10-18-65)66-19-11-6-12-20-66)75-53-37-63(38-54-75)77(78(80,81)82,79(83,84)85)64-39-55-76(56-40-64)89(70-43-27-58(4-2)28-44-70)74-51-35-62(36-52-74)60-31-47-72(48-32-60)87(67-21-13-7-14-22-67)68-23-15-8-16-24-68;1-2/h3-31,33-47,49-56H,1-2,32,48H2;1-2H3. The van der Waals surface area contributed by atoms with Crippen molar-refractivity contribution in [3.63, 3.8) is 0 Å². The highest BCUT2D eigenvalue weighted by molar-refractivity contribution is 5.83. The molecule has 4 nitrogen and oxygen atoms in total. The number of rotatable bonds is 18. The zero-order valence-corrected chi connectivity index (χ0v) is 50.4. The molecular formula is C81H66F6N4. The fourth-order valence-electron chi connectivity index (χ4n) is 11.8. The van der Waals surface area contributed by atoms with Crippen LogP contribution in [0.3, 0.4) is 0 Å². The number of alkyl halides is 6. The number of hydrogen-bond donors (Lipinski definition) is 0. The van der Waals surface area contributed by atoms with Gasteiger partial charge in [0.05, 0.1) is 0 Å². The molecule has 1 aliphatic carbocycles. The SMILES string of the molecule is C=Cc1ccc(N(c2ccc(C3=CC=C(N(c4ccccc4)c4ccccc4)CC3)cc2)c2ccc(C(c3ccc(N(c4ccc(C=C)cc4)c4ccc(-c5ccc(N(c6ccccc6)c6ccccc6)cc5)cc4)cc3)(C(F)(F)F)C(F)(F)F)cc2)cc1.CC. The van der Waals surface area contributed by atoms with Gasteiger partial charge in [0, 0.05) is 68.3 Å². The van der Waals surface area contributed by atoms with Gasteiger partial charge in [-0.3, -0.25) is 0 Å². The smallest absolute Gasteiger partial charge is 0.314 e. The average molecular weight is 1210 g/mol. The Morgan fingerprint density at radius 1 is 0.286 bits per heavy atom. The molecule has 0 saturated carbocycles. The second-order valence-corrected chi connectivity index (χ2v) is 21.6. The van der Waals surface area contributed by atoms with Crippen molar-refractivity contribution in [2.45, 2.75) is 44.5 Å². The van der Waals surface area contributed by atoms with Crippen molar-refractivity contribution in [2.75, 3.05) is 19.6 Å². The van der Waals surface area contributed by atoms with Crippen molar-refractivity contribution in [2.24, 2.45) is 0 Å². The first-order valence-electron chi connectivity index (χ1n) is 30.2. The highest BCUT2D eigenvalue weighted by Crippen LogP contribution is 2.57. The van der Waals surface area contributed by atoms with Crippen molar-refractivity contribution in [3.05, 3.63) is 350 Å². The molecule has 0 spiro atoms. The zero-order valence-electron chi connectivity index (χ0n) is 50.4. The summed E-state index contributed by atoms with van der Waals surface area (Å²) in [6.07, 6.45) is -2.47. The predicted octanol–water partition coefficient (Wildman–Crippen LogP) is 24.4. The Hall–Kier alpha value is -10.8. The third-order valence-corrected chi connectivity index (χ3v) is 16.3. The Morgan fingerprint density at radius 3 is 0.802 bits per heavy atom. The molecule has 1 aliphatic rings. The number of para-hydroxylation sites is 4. The van der Waals surface area contributed by atoms with Crippen LogP contribution in [0.2, 0.25) is 0 Å². The fraction of sp³-hybridized carbons (Fsp3) is 0.0864. The molecule has 452 valence electrons. The molecule has 10 heteroatoms. The summed E-state index contributed by atoms with van der Waals surface area (Å²) in [5.41, 5.74) is 8.70. The number of hydrogen-bond acceptors (Lipinski definition) is 4. The summed E-state index contributed by atoms with van der Waals surface area (Å²) in [6, 6.07) is 88.1. The summed E-state index contributed by atoms with van der Waals surface area (Å²) in [5.74, 6) is 0. The van der Waals surface area contributed by atoms with E-state index in [0.29, 0.717) is 34.1 Å². The summed E-state index contributed by atoms with van der Waals surface area (Å²) in [6.45, 7) is 11.8. The number of benzene rings is 11. The molecule has 0 atom stereocenters. The normalized spacial score (nSPS) is 12.3. The summed E-state index contributed by atoms with van der Waals surface area (Å²) >= 11 is 0. The van der Waals surface area contributed by atoms with E-state index in [1.54, 1.807) is 17.1 Å². The lowest BCUT2D eigenvalue weighted by Gasteiger charge is -2.39. The van der Waals surface area contributed by atoms with Gasteiger partial charge in [0.15, 0.2) is 0 Å². The summed E-state index contributed by atoms with van der Waals surface area (Å²) in [4.78, 5) is 8.04. The minimum atomic E-state index is -5.83. The maximum absolute atomic E-state index is 16.0. The van der Waals surface area contributed by atoms with Crippen LogP contribution in [-0.4, -0.2) is 12.4 Å². The molecule has 0 N–H and O–H groups in total. The minimum absolute atomic E-state index is 0.343. The highest BCUT2D eigenvalue weighted by Gasteiger charge is 2.72. The van der Waals surface area contributed by atoms with E-state index < -0.39 is 28.9 Å². The lowest BCUT2D eigenvalue weighted by Crippen LogP contribution is -2.54. The second-order valence-electron chi connectivity index (χ2n) is 21.6. The van der Waals surface area contributed by atoms with Crippen molar-refractivity contribution in [3.8, 4) is 11.1 Å². The van der Waals surface area contributed by atoms with Crippen LogP contribution in [0.5, 0.6) is 0 Å². The number of halogens is 6. The van der Waals surface area contributed by atoms with Crippen molar-refractivity contribution in [1.82, 2.24) is 0 Å². The van der Waals surface area contributed by atoms with Crippen LogP contribution in [0.25, 0.3) is 28.9 Å². The van der Waals surface area contributed by atoms with E-state index in [4.69, 9.17) is 0 Å². The van der Waals surface area contributed by atoms with Gasteiger partial charge in [-0.2, -0.15) is 26.3 Å². The van der Waals surface area contributed by atoms with E-state index >= 15 is 26.3 Å². The van der Waals surface area contributed by atoms with Gasteiger partial charge in [0.2, 0.25) is 5.41 Å². The van der Waals surface area contributed by atoms with Crippen LogP contribution < -0.4 is 19.6 Å². The molecule has 0 fully saturated rings. The first-order valence-corrected chi connectivity index (χ1v) is 30.2. The molecule has 0 aromatic heterocycles. The van der Waals surface area contributed by atoms with Crippen LogP contribution in [-0.2, 0) is 5.41 Å². The molecule has 0 radical (unpaired) electrons. The Labute approximate surface area is 529 Å². The molecule has 0 amide bonds. The van der Waals surface area contributed by atoms with E-state index in [1.807, 2.05) is 201 Å². The largest absolute Gasteiger partial charge is 0.411 e. The second kappa shape index (κ2) is 27.3. The first kappa shape index (κ1) is 61.8. The van der Waals surface area contributed by atoms with Gasteiger partial charge < -0.3 is 19.6 Å². The minimum Gasteiger partial charge on any atom is -0.314 e. The Bertz CT molecular complexity index is 4150. The number of allylic oxidation sites excluding steroid dienone is 4. The van der Waals surface area contributed by atoms with Gasteiger partial charge in [-0.25, -0.2) is 0 Å². The van der Waals surface area contributed by atoms with Crippen LogP contribution in [0, 0.1) is 0 Å². The quantitative estimate of drug-likeness (QED) is 0.0794. The Morgan fingerprint density at radius 2 is 0.538 bits per heavy atom. The number of anilines is 11. The van der Waals surface area contributed by atoms with Crippen LogP contribution >= 0.6 is 0 Å². The van der Waals surface area contributed by atoms with Crippen molar-refractivity contribution in [1.29, 1.82) is 0 Å². The lowest BCUT2D eigenvalue weighted by molar-refractivity contribution is -0.288. The van der Waals surface area contributed by atoms with Crippen LogP contribution in [0.4, 0.5) is 88.9 Å². The Balaban J connectivity index is 0.00000421. The van der Waals surface area contributed by atoms with Gasteiger partial charge in [0.1, 0.15) is 0 Å². The first-order chi connectivity index (χ1) is 44.3. The van der Waals surface area contributed by atoms with Gasteiger partial charge in [0.25, 0.3) is 0 Å². The molecule has 0 aliphatic heterocycles. The van der Waals surface area contributed by atoms with E-state index in [2.05, 4.69) is 95.8 Å². The van der Waals surface area contributed by atoms with Gasteiger partial charge in [-0.1, -0.05) is 203 Å². The fourth-order valence-corrected chi connectivity index (χ4v) is 11.8. The molecule has 12 rings (SSSR count). The summed E-state index contributed by atoms with van der Waals surface area (Å²) in [5, 5.41) is 0. The van der Waals surface area contributed by atoms with Crippen LogP contribution in [0.15, 0.2) is 322 Å². The molecule has 0 saturated heterocycles. The van der Waals surface area contributed by atoms with Gasteiger partial charge >= 0.3 is 12.4 Å². The van der Waals surface area contributed by atoms with E-state index in [-0.39, 0.29) is 0 Å². The van der Waals surface area contributed by atoms with E-state index in [1.165, 1.54) is 24.3 Å². The maximum atomic E-state index is 16.0. The Kier molecular flexibility index (Phi) is 18.5. The molecule has 0 heterocycles. The molecule has 0 unspecified atom stereocenters. The number of nitrogens with zero attached hydrogens (tertiary/aromatic N) is 4. The van der Waals surface area contributed by atoms with Gasteiger partial charge in [-0.15, -0.1) is 0 Å². The zero-order chi connectivity index (χ0) is 63.5. The van der Waals surface area contributed by atoms with Crippen molar-refractivity contribution < 1.29 is 26.3 Å². The summed E-state index contributed by atoms with van der Waals surface area (Å²) in [7, 11) is 0. The maximum Gasteiger partial charge on any atom is 0.411 e. The third-order valence-electron chi connectivity index (χ3n) is 16.3. The van der Waals surface area contributed by atoms with E-state index in [0.717, 1.165) is 105 Å². The molecule has 11 aromatic rings. The lowest BCUT2D eigenvalue weighted by atomic mass is 9.72. The topological polar surface area (TPSA) is 13.0 Å². The molecule has 0 bridgehead atoms. The van der Waals surface area contributed by atoms with E-state index in [9.17, 15) is 0 Å². The van der Waals surface area contributed by atoms with Crippen LogP contribution in [0.1, 0.15) is 54.5 Å². The predicted molar refractivity (Wildman–Crippen MR) is 367 cm³/mol. The van der Waals surface area contributed by atoms with Gasteiger partial charge in [-0.05, 0) is 197 Å². The highest BCUT2D eigenvalue weighted by atomic mass is 19.4. The monoisotopic (exact) mass is 1210 g/mol. The third kappa shape index (κ3) is 12.9. The molecular weight excluding hydrogens is 1140 g/mol.